The molecule has 1 amide bonds. The zero-order chi connectivity index (χ0) is 16.6. The second-order valence-corrected chi connectivity index (χ2v) is 6.66. The zero-order valence-corrected chi connectivity index (χ0v) is 14.4. The molecule has 2 aromatic rings. The van der Waals surface area contributed by atoms with Gasteiger partial charge < -0.3 is 9.88 Å². The van der Waals surface area contributed by atoms with Crippen molar-refractivity contribution in [3.63, 3.8) is 0 Å². The molecule has 7 nitrogen and oxygen atoms in total. The predicted octanol–water partition coefficient (Wildman–Crippen LogP) is 1.97. The van der Waals surface area contributed by atoms with Crippen LogP contribution in [0.3, 0.4) is 0 Å². The molecule has 0 radical (unpaired) electrons. The van der Waals surface area contributed by atoms with Gasteiger partial charge in [-0.3, -0.25) is 9.48 Å². The molecule has 8 heteroatoms. The number of nitrogens with one attached hydrogen (secondary N) is 1. The van der Waals surface area contributed by atoms with E-state index in [4.69, 9.17) is 11.6 Å². The molecule has 1 N–H and O–H groups in total. The van der Waals surface area contributed by atoms with Gasteiger partial charge in [0, 0.05) is 19.5 Å². The first-order valence-electron chi connectivity index (χ1n) is 7.89. The minimum absolute atomic E-state index is 0.224. The summed E-state index contributed by atoms with van der Waals surface area (Å²) in [4.78, 5) is 12.5. The Morgan fingerprint density at radius 2 is 2.17 bits per heavy atom. The van der Waals surface area contributed by atoms with Crippen molar-refractivity contribution >= 4 is 17.5 Å². The molecule has 0 saturated heterocycles. The number of hydrogen-bond acceptors (Lipinski definition) is 4. The van der Waals surface area contributed by atoms with E-state index in [1.165, 1.54) is 0 Å². The Morgan fingerprint density at radius 3 is 2.91 bits per heavy atom. The van der Waals surface area contributed by atoms with E-state index < -0.39 is 0 Å². The third kappa shape index (κ3) is 3.10. The highest BCUT2D eigenvalue weighted by Crippen LogP contribution is 2.21. The van der Waals surface area contributed by atoms with Gasteiger partial charge in [0.25, 0.3) is 5.91 Å². The molecule has 0 spiro atoms. The molecule has 23 heavy (non-hydrogen) atoms. The van der Waals surface area contributed by atoms with Gasteiger partial charge in [0.15, 0.2) is 5.82 Å². The van der Waals surface area contributed by atoms with Gasteiger partial charge in [-0.2, -0.15) is 5.10 Å². The van der Waals surface area contributed by atoms with Gasteiger partial charge >= 0.3 is 0 Å². The molecule has 0 bridgehead atoms. The van der Waals surface area contributed by atoms with Gasteiger partial charge in [-0.1, -0.05) is 25.4 Å². The third-order valence-electron chi connectivity index (χ3n) is 3.92. The van der Waals surface area contributed by atoms with Crippen molar-refractivity contribution in [3.8, 4) is 0 Å². The topological polar surface area (TPSA) is 77.6 Å². The lowest BCUT2D eigenvalue weighted by atomic mass is 10.2. The first kappa shape index (κ1) is 16.0. The lowest BCUT2D eigenvalue weighted by Crippen LogP contribution is -2.25. The van der Waals surface area contributed by atoms with E-state index in [1.54, 1.807) is 11.6 Å². The molecule has 1 aliphatic heterocycles. The third-order valence-corrected chi connectivity index (χ3v) is 4.31. The summed E-state index contributed by atoms with van der Waals surface area (Å²) in [5.41, 5.74) is 1.08. The van der Waals surface area contributed by atoms with Crippen molar-refractivity contribution in [1.29, 1.82) is 0 Å². The first-order chi connectivity index (χ1) is 11.0. The van der Waals surface area contributed by atoms with Crippen molar-refractivity contribution in [2.24, 2.45) is 5.92 Å². The quantitative estimate of drug-likeness (QED) is 0.905. The predicted molar refractivity (Wildman–Crippen MR) is 86.3 cm³/mol. The van der Waals surface area contributed by atoms with Crippen LogP contribution >= 0.6 is 11.6 Å². The molecule has 124 valence electrons. The summed E-state index contributed by atoms with van der Waals surface area (Å²) in [5, 5.41) is 15.9. The second-order valence-electron chi connectivity index (χ2n) is 6.30. The van der Waals surface area contributed by atoms with Crippen LogP contribution in [-0.2, 0) is 26.1 Å². The summed E-state index contributed by atoms with van der Waals surface area (Å²) in [5.74, 6) is 1.96. The largest absolute Gasteiger partial charge is 0.345 e. The van der Waals surface area contributed by atoms with Gasteiger partial charge in [-0.25, -0.2) is 0 Å². The van der Waals surface area contributed by atoms with E-state index in [2.05, 4.69) is 39.0 Å². The van der Waals surface area contributed by atoms with Crippen molar-refractivity contribution in [2.45, 2.75) is 53.2 Å². The molecule has 0 fully saturated rings. The monoisotopic (exact) mass is 336 g/mol. The van der Waals surface area contributed by atoms with Crippen LogP contribution in [-0.4, -0.2) is 30.5 Å². The number of carbonyl (C=O) groups is 1. The Bertz CT molecular complexity index is 733. The smallest absolute Gasteiger partial charge is 0.256 e. The summed E-state index contributed by atoms with van der Waals surface area (Å²) >= 11 is 6.33. The van der Waals surface area contributed by atoms with Crippen LogP contribution in [0.2, 0.25) is 5.15 Å². The highest BCUT2D eigenvalue weighted by molar-refractivity contribution is 6.33. The minimum atomic E-state index is -0.224. The Labute approximate surface area is 140 Å². The summed E-state index contributed by atoms with van der Waals surface area (Å²) in [7, 11) is 0. The number of aryl methyl sites for hydroxylation is 2. The minimum Gasteiger partial charge on any atom is -0.345 e. The Kier molecular flexibility index (Phi) is 4.39. The average Bonchev–Trinajstić information content (AvgIpc) is 3.13. The average molecular weight is 337 g/mol. The molecule has 0 aromatic carbocycles. The summed E-state index contributed by atoms with van der Waals surface area (Å²) in [6.45, 7) is 7.91. The standard InChI is InChI=1S/C15H21ClN6O/c1-9(2)8-22-14(16)13(10(3)20-22)15(23)17-7-12-19-18-11-5-4-6-21(11)12/h9H,4-8H2,1-3H3,(H,17,23). The van der Waals surface area contributed by atoms with Crippen LogP contribution in [0.5, 0.6) is 0 Å². The fourth-order valence-electron chi connectivity index (χ4n) is 2.87. The number of fused-ring (bicyclic) bond motifs is 1. The summed E-state index contributed by atoms with van der Waals surface area (Å²) in [6, 6.07) is 0. The lowest BCUT2D eigenvalue weighted by molar-refractivity contribution is 0.0949. The SMILES string of the molecule is Cc1nn(CC(C)C)c(Cl)c1C(=O)NCc1nnc2n1CCC2. The molecule has 0 saturated carbocycles. The molecule has 0 unspecified atom stereocenters. The first-order valence-corrected chi connectivity index (χ1v) is 8.27. The zero-order valence-electron chi connectivity index (χ0n) is 13.6. The highest BCUT2D eigenvalue weighted by Gasteiger charge is 2.22. The van der Waals surface area contributed by atoms with Crippen LogP contribution in [0.25, 0.3) is 0 Å². The fourth-order valence-corrected chi connectivity index (χ4v) is 3.20. The van der Waals surface area contributed by atoms with Crippen LogP contribution < -0.4 is 5.32 Å². The van der Waals surface area contributed by atoms with Crippen molar-refractivity contribution in [2.75, 3.05) is 0 Å². The molecule has 3 heterocycles. The number of nitrogens with zero attached hydrogens (tertiary/aromatic N) is 5. The highest BCUT2D eigenvalue weighted by atomic mass is 35.5. The van der Waals surface area contributed by atoms with Gasteiger partial charge in [0.05, 0.1) is 17.8 Å². The molecule has 3 rings (SSSR count). The Hall–Kier alpha value is -1.89. The van der Waals surface area contributed by atoms with Crippen LogP contribution in [0.1, 0.15) is 48.0 Å². The molecular formula is C15H21ClN6O. The summed E-state index contributed by atoms with van der Waals surface area (Å²) < 4.78 is 3.75. The van der Waals surface area contributed by atoms with Crippen molar-refractivity contribution in [1.82, 2.24) is 29.9 Å². The Morgan fingerprint density at radius 1 is 1.39 bits per heavy atom. The number of amides is 1. The number of carbonyl (C=O) groups excluding carboxylic acids is 1. The van der Waals surface area contributed by atoms with Crippen molar-refractivity contribution < 1.29 is 4.79 Å². The van der Waals surface area contributed by atoms with E-state index >= 15 is 0 Å². The maximum atomic E-state index is 12.5. The lowest BCUT2D eigenvalue weighted by Gasteiger charge is -2.07. The van der Waals surface area contributed by atoms with Crippen LogP contribution in [0.4, 0.5) is 0 Å². The molecule has 0 atom stereocenters. The van der Waals surface area contributed by atoms with E-state index in [1.807, 2.05) is 0 Å². The number of halogens is 1. The molecule has 1 aliphatic rings. The van der Waals surface area contributed by atoms with Gasteiger partial charge in [-0.15, -0.1) is 10.2 Å². The number of hydrogen-bond donors (Lipinski definition) is 1. The van der Waals surface area contributed by atoms with Crippen molar-refractivity contribution in [3.05, 3.63) is 28.1 Å². The van der Waals surface area contributed by atoms with Gasteiger partial charge in [0.2, 0.25) is 0 Å². The Balaban J connectivity index is 1.72. The van der Waals surface area contributed by atoms with E-state index in [0.717, 1.165) is 31.0 Å². The molecular weight excluding hydrogens is 316 g/mol. The normalized spacial score (nSPS) is 13.6. The molecule has 2 aromatic heterocycles. The fraction of sp³-hybridized carbons (Fsp3) is 0.600. The van der Waals surface area contributed by atoms with E-state index in [-0.39, 0.29) is 5.91 Å². The van der Waals surface area contributed by atoms with Gasteiger partial charge in [-0.05, 0) is 19.3 Å². The van der Waals surface area contributed by atoms with E-state index in [9.17, 15) is 4.79 Å². The van der Waals surface area contributed by atoms with Crippen LogP contribution in [0.15, 0.2) is 0 Å². The van der Waals surface area contributed by atoms with Gasteiger partial charge in [0.1, 0.15) is 11.0 Å². The second kappa shape index (κ2) is 6.31. The summed E-state index contributed by atoms with van der Waals surface area (Å²) in [6.07, 6.45) is 2.03. The van der Waals surface area contributed by atoms with Crippen LogP contribution in [0, 0.1) is 12.8 Å². The molecule has 0 aliphatic carbocycles. The maximum Gasteiger partial charge on any atom is 0.256 e. The van der Waals surface area contributed by atoms with E-state index in [0.29, 0.717) is 35.4 Å². The maximum absolute atomic E-state index is 12.5. The number of rotatable bonds is 5. The number of aromatic nitrogens is 5.